The molecule has 12 rings (SSSR count). The highest BCUT2D eigenvalue weighted by Crippen LogP contribution is 2.42. The van der Waals surface area contributed by atoms with Crippen LogP contribution in [0.1, 0.15) is 87.0 Å². The highest BCUT2D eigenvalue weighted by atomic mass is 28.4. The fraction of sp³-hybridized carbons (Fsp3) is 0.368. The fourth-order valence-corrected chi connectivity index (χ4v) is 12.3. The van der Waals surface area contributed by atoms with Crippen LogP contribution in [0.15, 0.2) is 79.5 Å². The van der Waals surface area contributed by atoms with Gasteiger partial charge in [-0.05, 0) is 37.5 Å². The Morgan fingerprint density at radius 1 is 0.421 bits per heavy atom. The lowest BCUT2D eigenvalue weighted by atomic mass is 9.90. The summed E-state index contributed by atoms with van der Waals surface area (Å²) >= 11 is 0. The monoisotopic (exact) mass is 774 g/mol. The van der Waals surface area contributed by atoms with Gasteiger partial charge in [0.05, 0.1) is 0 Å². The fourth-order valence-electron chi connectivity index (χ4n) is 8.92. The molecule has 4 aliphatic heterocycles. The van der Waals surface area contributed by atoms with Crippen molar-refractivity contribution in [3.63, 3.8) is 0 Å². The molecular formula is C38H34N16O2Si. The van der Waals surface area contributed by atoms with E-state index in [4.69, 9.17) is 78.7 Å². The molecule has 0 spiro atoms. The molecule has 18 nitrogen and oxygen atoms in total. The van der Waals surface area contributed by atoms with Crippen LogP contribution in [0, 0.1) is 11.8 Å². The van der Waals surface area contributed by atoms with Crippen LogP contribution in [-0.2, 0) is 8.85 Å². The van der Waals surface area contributed by atoms with Gasteiger partial charge in [-0.25, -0.2) is 69.8 Å². The standard InChI is InChI=1S/C38H34N16O2Si/c1-3-7-21(8-4-1)19-55-57(56-20-22-9-5-2-6-10-22)53-35-27-28(44-16-15-43-27)37(53)51-33-25-26(42-14-13-41-25)34(48-33)52-38-30-29(45-17-18-46-30)36(54(38)57)50-32-24-23(31(47-32)49-35)39-11-12-40-24/h11-18,21-22H,1-10,19-20H2. The van der Waals surface area contributed by atoms with Crippen molar-refractivity contribution < 1.29 is 8.85 Å². The zero-order valence-corrected chi connectivity index (χ0v) is 31.7. The summed E-state index contributed by atoms with van der Waals surface area (Å²) in [6.45, 7) is 0.836. The van der Waals surface area contributed by atoms with E-state index in [1.807, 2.05) is 8.47 Å². The average Bonchev–Trinajstić information content (AvgIpc) is 3.98. The van der Waals surface area contributed by atoms with E-state index in [-0.39, 0.29) is 0 Å². The van der Waals surface area contributed by atoms with Gasteiger partial charge in [0.25, 0.3) is 0 Å². The van der Waals surface area contributed by atoms with Crippen molar-refractivity contribution in [3.8, 4) is 0 Å². The number of hydrogen-bond acceptors (Lipinski definition) is 16. The number of nitrogens with zero attached hydrogens (tertiary/aromatic N) is 16. The number of rotatable bonds is 6. The SMILES string of the molecule is c1cnc2c(n1)C1=NC2=Nc2c3nccnc3c3n2[Si](OCC2CCCCC2)(OCC2CCCCC2)n2c(c4nccnc4c2=NC2=NC(=N3)c3nccnc32)=N1. The summed E-state index contributed by atoms with van der Waals surface area (Å²) in [5.74, 6) is 2.65. The lowest BCUT2D eigenvalue weighted by Crippen LogP contribution is -2.64. The average molecular weight is 775 g/mol. The van der Waals surface area contributed by atoms with Crippen LogP contribution in [-0.4, -0.2) is 93.8 Å². The Balaban J connectivity index is 1.29. The maximum Gasteiger partial charge on any atom is 0.603 e. The van der Waals surface area contributed by atoms with Crippen LogP contribution in [0.3, 0.4) is 0 Å². The normalized spacial score (nSPS) is 19.5. The lowest BCUT2D eigenvalue weighted by Gasteiger charge is -2.36. The van der Waals surface area contributed by atoms with Gasteiger partial charge in [0, 0.05) is 62.8 Å². The Labute approximate surface area is 324 Å². The van der Waals surface area contributed by atoms with E-state index >= 15 is 0 Å². The smallest absolute Gasteiger partial charge is 0.361 e. The Morgan fingerprint density at radius 3 is 1.21 bits per heavy atom. The number of hydrogen-bond donors (Lipinski definition) is 0. The molecular weight excluding hydrogens is 741 g/mol. The van der Waals surface area contributed by atoms with Crippen LogP contribution in [0.25, 0.3) is 22.1 Å². The maximum absolute atomic E-state index is 7.67. The zero-order chi connectivity index (χ0) is 37.5. The minimum atomic E-state index is -4.30. The minimum absolute atomic E-state index is 0.300. The molecule has 6 aliphatic rings. The second-order valence-electron chi connectivity index (χ2n) is 15.1. The van der Waals surface area contributed by atoms with Crippen LogP contribution in [0.5, 0.6) is 0 Å². The van der Waals surface area contributed by atoms with Crippen molar-refractivity contribution in [2.24, 2.45) is 41.8 Å². The molecule has 0 aromatic carbocycles. The molecule has 2 saturated carbocycles. The minimum Gasteiger partial charge on any atom is -0.361 e. The third kappa shape index (κ3) is 5.07. The van der Waals surface area contributed by atoms with E-state index in [2.05, 4.69) is 0 Å². The summed E-state index contributed by atoms with van der Waals surface area (Å²) in [5.41, 5.74) is 4.61. The molecule has 0 saturated heterocycles. The predicted molar refractivity (Wildman–Crippen MR) is 209 cm³/mol. The van der Waals surface area contributed by atoms with Crippen molar-refractivity contribution in [2.75, 3.05) is 13.2 Å². The molecule has 0 amide bonds. The van der Waals surface area contributed by atoms with Crippen molar-refractivity contribution in [3.05, 3.63) is 83.3 Å². The molecule has 57 heavy (non-hydrogen) atoms. The second-order valence-corrected chi connectivity index (χ2v) is 17.7. The Morgan fingerprint density at radius 2 is 0.789 bits per heavy atom. The van der Waals surface area contributed by atoms with Crippen molar-refractivity contribution >= 4 is 65.9 Å². The van der Waals surface area contributed by atoms with Gasteiger partial charge < -0.3 is 8.85 Å². The Kier molecular flexibility index (Phi) is 7.49. The third-order valence-electron chi connectivity index (χ3n) is 11.6. The van der Waals surface area contributed by atoms with E-state index in [9.17, 15) is 0 Å². The molecule has 6 aromatic heterocycles. The first-order valence-electron chi connectivity index (χ1n) is 19.6. The van der Waals surface area contributed by atoms with Gasteiger partial charge >= 0.3 is 8.88 Å². The summed E-state index contributed by atoms with van der Waals surface area (Å²) in [5, 5.41) is 0. The first kappa shape index (κ1) is 33.0. The van der Waals surface area contributed by atoms with Crippen molar-refractivity contribution in [1.29, 1.82) is 0 Å². The largest absolute Gasteiger partial charge is 0.603 e. The van der Waals surface area contributed by atoms with Crippen LogP contribution >= 0.6 is 0 Å². The van der Waals surface area contributed by atoms with E-state index in [1.165, 1.54) is 12.8 Å². The van der Waals surface area contributed by atoms with Crippen LogP contribution < -0.4 is 11.0 Å². The molecule has 0 N–H and O–H groups in total. The van der Waals surface area contributed by atoms with Gasteiger partial charge in [-0.2, -0.15) is 0 Å². The third-order valence-corrected chi connectivity index (χ3v) is 14.7. The molecule has 282 valence electrons. The number of aliphatic imine (C=N–C) groups is 4. The highest BCUT2D eigenvalue weighted by Gasteiger charge is 2.54. The van der Waals surface area contributed by atoms with Gasteiger partial charge in [0.2, 0.25) is 0 Å². The summed E-state index contributed by atoms with van der Waals surface area (Å²) < 4.78 is 19.3. The molecule has 10 heterocycles. The molecule has 2 fully saturated rings. The summed E-state index contributed by atoms with van der Waals surface area (Å²) in [6, 6.07) is 0. The molecule has 6 bridgehead atoms. The highest BCUT2D eigenvalue weighted by molar-refractivity contribution is 6.66. The van der Waals surface area contributed by atoms with Gasteiger partial charge in [-0.1, -0.05) is 38.5 Å². The molecule has 19 heteroatoms. The van der Waals surface area contributed by atoms with Gasteiger partial charge in [-0.15, -0.1) is 0 Å². The van der Waals surface area contributed by atoms with E-state index in [0.717, 1.165) is 51.4 Å². The van der Waals surface area contributed by atoms with Gasteiger partial charge in [0.1, 0.15) is 44.8 Å². The number of aromatic nitrogens is 10. The van der Waals surface area contributed by atoms with Gasteiger partial charge in [-0.3, -0.25) is 8.47 Å². The topological polar surface area (TPSA) is 206 Å². The zero-order valence-electron chi connectivity index (χ0n) is 30.7. The summed E-state index contributed by atoms with van der Waals surface area (Å²) in [4.78, 5) is 69.7. The summed E-state index contributed by atoms with van der Waals surface area (Å²) in [6.07, 6.45) is 24.3. The Bertz CT molecular complexity index is 2730. The predicted octanol–water partition coefficient (Wildman–Crippen LogP) is 3.73. The van der Waals surface area contributed by atoms with Crippen molar-refractivity contribution in [1.82, 2.24) is 48.3 Å². The van der Waals surface area contributed by atoms with E-state index < -0.39 is 8.88 Å². The quantitative estimate of drug-likeness (QED) is 0.224. The molecule has 0 unspecified atom stereocenters. The molecule has 6 aromatic rings. The van der Waals surface area contributed by atoms with Crippen molar-refractivity contribution in [2.45, 2.75) is 64.2 Å². The number of fused-ring (bicyclic) bond motifs is 14. The molecule has 0 atom stereocenters. The first-order chi connectivity index (χ1) is 28.2. The lowest BCUT2D eigenvalue weighted by molar-refractivity contribution is 0.0935. The van der Waals surface area contributed by atoms with Gasteiger partial charge in [0.15, 0.2) is 46.0 Å². The van der Waals surface area contributed by atoms with E-state index in [1.54, 1.807) is 49.6 Å². The van der Waals surface area contributed by atoms with Crippen LogP contribution in [0.2, 0.25) is 0 Å². The number of amidine groups is 4. The van der Waals surface area contributed by atoms with Crippen LogP contribution in [0.4, 0.5) is 11.6 Å². The first-order valence-corrected chi connectivity index (χ1v) is 21.4. The van der Waals surface area contributed by atoms with E-state index in [0.29, 0.717) is 116 Å². The summed E-state index contributed by atoms with van der Waals surface area (Å²) in [7, 11) is -4.30. The molecule has 0 radical (unpaired) electrons. The molecule has 2 aliphatic carbocycles. The second kappa shape index (κ2) is 12.9. The Hall–Kier alpha value is -6.18. The maximum atomic E-state index is 7.67.